The fraction of sp³-hybridized carbons (Fsp3) is 0.429. The van der Waals surface area contributed by atoms with Crippen LogP contribution in [0, 0.1) is 0 Å². The molecular formula is C21H27N3O2. The Labute approximate surface area is 155 Å². The van der Waals surface area contributed by atoms with E-state index in [0.29, 0.717) is 0 Å². The quantitative estimate of drug-likeness (QED) is 0.785. The second kappa shape index (κ2) is 7.36. The molecule has 2 aromatic rings. The number of carbonyl (C=O) groups excluding carboxylic acids is 1. The average Bonchev–Trinajstić information content (AvgIpc) is 3.10. The number of benzene rings is 1. The number of nitrogens with zero attached hydrogens (tertiary/aromatic N) is 3. The highest BCUT2D eigenvalue weighted by Crippen LogP contribution is 2.33. The lowest BCUT2D eigenvalue weighted by atomic mass is 10.1. The van der Waals surface area contributed by atoms with E-state index in [1.165, 1.54) is 0 Å². The van der Waals surface area contributed by atoms with Crippen LogP contribution >= 0.6 is 0 Å². The van der Waals surface area contributed by atoms with Crippen LogP contribution in [0.4, 0.5) is 16.3 Å². The monoisotopic (exact) mass is 353 g/mol. The number of hydrogen-bond acceptors (Lipinski definition) is 4. The van der Waals surface area contributed by atoms with Crippen molar-refractivity contribution in [1.29, 1.82) is 0 Å². The van der Waals surface area contributed by atoms with Gasteiger partial charge in [0.2, 0.25) is 0 Å². The second-order valence-corrected chi connectivity index (χ2v) is 7.68. The Morgan fingerprint density at radius 1 is 1.19 bits per heavy atom. The van der Waals surface area contributed by atoms with Crippen molar-refractivity contribution < 1.29 is 9.53 Å². The van der Waals surface area contributed by atoms with Crippen LogP contribution in [0.1, 0.15) is 45.2 Å². The van der Waals surface area contributed by atoms with Crippen molar-refractivity contribution in [3.05, 3.63) is 54.2 Å². The number of pyridine rings is 1. The highest BCUT2D eigenvalue weighted by atomic mass is 16.6. The molecule has 1 atom stereocenters. The van der Waals surface area contributed by atoms with Crippen LogP contribution in [0.15, 0.2) is 48.7 Å². The van der Waals surface area contributed by atoms with Gasteiger partial charge in [0.05, 0.1) is 6.04 Å². The summed E-state index contributed by atoms with van der Waals surface area (Å²) in [6.45, 7) is 6.41. The predicted molar refractivity (Wildman–Crippen MR) is 104 cm³/mol. The zero-order chi connectivity index (χ0) is 18.7. The van der Waals surface area contributed by atoms with E-state index >= 15 is 0 Å². The first-order valence-corrected chi connectivity index (χ1v) is 9.09. The lowest BCUT2D eigenvalue weighted by Gasteiger charge is -2.29. The van der Waals surface area contributed by atoms with E-state index < -0.39 is 5.60 Å². The van der Waals surface area contributed by atoms with Crippen LogP contribution in [0.25, 0.3) is 0 Å². The molecule has 5 heteroatoms. The van der Waals surface area contributed by atoms with E-state index in [-0.39, 0.29) is 12.1 Å². The third-order valence-electron chi connectivity index (χ3n) is 4.52. The van der Waals surface area contributed by atoms with E-state index in [1.807, 2.05) is 68.1 Å². The van der Waals surface area contributed by atoms with Crippen molar-refractivity contribution in [2.24, 2.45) is 0 Å². The molecule has 0 saturated carbocycles. The number of amides is 1. The Balaban J connectivity index is 1.74. The van der Waals surface area contributed by atoms with Gasteiger partial charge in [-0.05, 0) is 57.4 Å². The SMILES string of the molecule is CN(c1ccccc1)c1ccc([C@H]2CCCN2C(=O)OC(C)(C)C)cn1. The summed E-state index contributed by atoms with van der Waals surface area (Å²) in [5.41, 5.74) is 1.66. The summed E-state index contributed by atoms with van der Waals surface area (Å²) in [5.74, 6) is 0.877. The largest absolute Gasteiger partial charge is 0.444 e. The zero-order valence-electron chi connectivity index (χ0n) is 16.0. The number of carbonyl (C=O) groups is 1. The van der Waals surface area contributed by atoms with Crippen molar-refractivity contribution in [3.8, 4) is 0 Å². The summed E-state index contributed by atoms with van der Waals surface area (Å²) in [5, 5.41) is 0. The summed E-state index contributed by atoms with van der Waals surface area (Å²) in [6.07, 6.45) is 3.55. The molecule has 138 valence electrons. The van der Waals surface area contributed by atoms with Gasteiger partial charge in [-0.15, -0.1) is 0 Å². The molecule has 0 unspecified atom stereocenters. The zero-order valence-corrected chi connectivity index (χ0v) is 16.0. The summed E-state index contributed by atoms with van der Waals surface area (Å²) >= 11 is 0. The van der Waals surface area contributed by atoms with Crippen molar-refractivity contribution in [1.82, 2.24) is 9.88 Å². The highest BCUT2D eigenvalue weighted by Gasteiger charge is 2.33. The van der Waals surface area contributed by atoms with Gasteiger partial charge in [-0.3, -0.25) is 0 Å². The minimum Gasteiger partial charge on any atom is -0.444 e. The maximum Gasteiger partial charge on any atom is 0.410 e. The normalized spacial score (nSPS) is 17.2. The van der Waals surface area contributed by atoms with Gasteiger partial charge in [-0.25, -0.2) is 9.78 Å². The Morgan fingerprint density at radius 2 is 1.92 bits per heavy atom. The molecule has 0 bridgehead atoms. The average molecular weight is 353 g/mol. The van der Waals surface area contributed by atoms with Gasteiger partial charge in [-0.1, -0.05) is 24.3 Å². The first-order valence-electron chi connectivity index (χ1n) is 9.09. The van der Waals surface area contributed by atoms with Gasteiger partial charge >= 0.3 is 6.09 Å². The summed E-state index contributed by atoms with van der Waals surface area (Å²) in [4.78, 5) is 21.0. The maximum absolute atomic E-state index is 12.5. The molecule has 1 saturated heterocycles. The molecule has 0 N–H and O–H groups in total. The van der Waals surface area contributed by atoms with E-state index in [4.69, 9.17) is 4.74 Å². The number of anilines is 2. The molecule has 1 aliphatic rings. The summed E-state index contributed by atoms with van der Waals surface area (Å²) in [6, 6.07) is 14.2. The fourth-order valence-electron chi connectivity index (χ4n) is 3.23. The molecule has 1 aromatic carbocycles. The van der Waals surface area contributed by atoms with Crippen LogP contribution in [0.3, 0.4) is 0 Å². The molecule has 0 spiro atoms. The van der Waals surface area contributed by atoms with Gasteiger partial charge in [-0.2, -0.15) is 0 Å². The van der Waals surface area contributed by atoms with Gasteiger partial charge in [0.1, 0.15) is 11.4 Å². The molecule has 1 amide bonds. The van der Waals surface area contributed by atoms with Crippen LogP contribution < -0.4 is 4.90 Å². The molecule has 1 aromatic heterocycles. The molecule has 3 rings (SSSR count). The first kappa shape index (κ1) is 18.2. The van der Waals surface area contributed by atoms with E-state index in [9.17, 15) is 4.79 Å². The van der Waals surface area contributed by atoms with Crippen LogP contribution in [0.5, 0.6) is 0 Å². The van der Waals surface area contributed by atoms with Crippen molar-refractivity contribution in [3.63, 3.8) is 0 Å². The van der Waals surface area contributed by atoms with E-state index in [2.05, 4.69) is 23.2 Å². The minimum atomic E-state index is -0.481. The lowest BCUT2D eigenvalue weighted by Crippen LogP contribution is -2.36. The Hall–Kier alpha value is -2.56. The van der Waals surface area contributed by atoms with Crippen molar-refractivity contribution in [2.45, 2.75) is 45.3 Å². The summed E-state index contributed by atoms with van der Waals surface area (Å²) < 4.78 is 5.55. The highest BCUT2D eigenvalue weighted by molar-refractivity contribution is 5.69. The van der Waals surface area contributed by atoms with E-state index in [1.54, 1.807) is 0 Å². The molecule has 2 heterocycles. The summed E-state index contributed by atoms with van der Waals surface area (Å²) in [7, 11) is 2.00. The van der Waals surface area contributed by atoms with Gasteiger partial charge < -0.3 is 14.5 Å². The number of rotatable bonds is 3. The second-order valence-electron chi connectivity index (χ2n) is 7.68. The first-order chi connectivity index (χ1) is 12.3. The van der Waals surface area contributed by atoms with Gasteiger partial charge in [0.25, 0.3) is 0 Å². The van der Waals surface area contributed by atoms with Crippen LogP contribution in [0.2, 0.25) is 0 Å². The topological polar surface area (TPSA) is 45.7 Å². The standard InChI is InChI=1S/C21H27N3O2/c1-21(2,3)26-20(25)24-14-8-11-18(24)16-12-13-19(22-15-16)23(4)17-9-6-5-7-10-17/h5-7,9-10,12-13,15,18H,8,11,14H2,1-4H3/t18-/m1/s1. The minimum absolute atomic E-state index is 0.0356. The molecular weight excluding hydrogens is 326 g/mol. The molecule has 26 heavy (non-hydrogen) atoms. The molecule has 1 fully saturated rings. The smallest absolute Gasteiger partial charge is 0.410 e. The van der Waals surface area contributed by atoms with Crippen molar-refractivity contribution >= 4 is 17.6 Å². The number of hydrogen-bond donors (Lipinski definition) is 0. The molecule has 5 nitrogen and oxygen atoms in total. The molecule has 1 aliphatic heterocycles. The van der Waals surface area contributed by atoms with E-state index in [0.717, 1.165) is 36.5 Å². The lowest BCUT2D eigenvalue weighted by molar-refractivity contribution is 0.0224. The number of para-hydroxylation sites is 1. The molecule has 0 radical (unpaired) electrons. The Kier molecular flexibility index (Phi) is 5.16. The van der Waals surface area contributed by atoms with Crippen molar-refractivity contribution in [2.75, 3.05) is 18.5 Å². The number of aromatic nitrogens is 1. The molecule has 0 aliphatic carbocycles. The van der Waals surface area contributed by atoms with Crippen LogP contribution in [-0.2, 0) is 4.74 Å². The van der Waals surface area contributed by atoms with Gasteiger partial charge in [0, 0.05) is 25.5 Å². The van der Waals surface area contributed by atoms with Gasteiger partial charge in [0.15, 0.2) is 0 Å². The maximum atomic E-state index is 12.5. The number of likely N-dealkylation sites (tertiary alicyclic amines) is 1. The Morgan fingerprint density at radius 3 is 2.54 bits per heavy atom. The van der Waals surface area contributed by atoms with Crippen LogP contribution in [-0.4, -0.2) is 35.2 Å². The number of ether oxygens (including phenoxy) is 1. The Bertz CT molecular complexity index is 738. The predicted octanol–water partition coefficient (Wildman–Crippen LogP) is 4.92. The third-order valence-corrected chi connectivity index (χ3v) is 4.52. The third kappa shape index (κ3) is 4.15. The fourth-order valence-corrected chi connectivity index (χ4v) is 3.23.